The van der Waals surface area contributed by atoms with Crippen molar-refractivity contribution in [3.05, 3.63) is 3.92 Å². The van der Waals surface area contributed by atoms with Crippen LogP contribution >= 0.6 is 27.3 Å². The Kier molecular flexibility index (Phi) is 3.94. The molecule has 0 amide bonds. The molecule has 0 aromatic carbocycles. The van der Waals surface area contributed by atoms with Crippen LogP contribution < -0.4 is 5.32 Å². The van der Waals surface area contributed by atoms with Gasteiger partial charge >= 0.3 is 0 Å². The van der Waals surface area contributed by atoms with E-state index in [9.17, 15) is 0 Å². The summed E-state index contributed by atoms with van der Waals surface area (Å²) >= 11 is 4.78. The minimum Gasteiger partial charge on any atom is -0.360 e. The number of hydrogen-bond donors (Lipinski definition) is 1. The first kappa shape index (κ1) is 9.92. The average molecular weight is 250 g/mol. The molecule has 0 bridgehead atoms. The van der Waals surface area contributed by atoms with Gasteiger partial charge in [-0.3, -0.25) is 0 Å². The first-order valence-corrected chi connectivity index (χ1v) is 5.52. The van der Waals surface area contributed by atoms with Crippen LogP contribution in [0.5, 0.6) is 0 Å². The molecular weight excluding hydrogens is 238 g/mol. The molecule has 0 aliphatic carbocycles. The fourth-order valence-electron chi connectivity index (χ4n) is 0.745. The van der Waals surface area contributed by atoms with E-state index in [1.165, 1.54) is 11.3 Å². The zero-order valence-electron chi connectivity index (χ0n) is 7.17. The molecule has 3 nitrogen and oxygen atoms in total. The molecule has 0 fully saturated rings. The van der Waals surface area contributed by atoms with Gasteiger partial charge in [0.15, 0.2) is 3.92 Å². The number of hydrogen-bond acceptors (Lipinski definition) is 4. The maximum atomic E-state index is 3.92. The largest absolute Gasteiger partial charge is 0.360 e. The van der Waals surface area contributed by atoms with Crippen molar-refractivity contribution in [1.82, 2.24) is 10.2 Å². The van der Waals surface area contributed by atoms with Crippen molar-refractivity contribution in [2.45, 2.75) is 20.3 Å². The third-order valence-electron chi connectivity index (χ3n) is 1.40. The van der Waals surface area contributed by atoms with Crippen LogP contribution in [0.3, 0.4) is 0 Å². The molecule has 1 heterocycles. The summed E-state index contributed by atoms with van der Waals surface area (Å²) in [4.78, 5) is 0. The summed E-state index contributed by atoms with van der Waals surface area (Å²) in [5.41, 5.74) is 0. The Morgan fingerprint density at radius 2 is 2.25 bits per heavy atom. The molecule has 5 heteroatoms. The van der Waals surface area contributed by atoms with E-state index in [4.69, 9.17) is 0 Å². The van der Waals surface area contributed by atoms with Gasteiger partial charge in [0.1, 0.15) is 0 Å². The molecule has 0 saturated carbocycles. The number of rotatable bonds is 4. The number of anilines is 1. The summed E-state index contributed by atoms with van der Waals surface area (Å²) in [6, 6.07) is 0. The summed E-state index contributed by atoms with van der Waals surface area (Å²) in [5, 5.41) is 11.9. The number of nitrogens with one attached hydrogen (secondary N) is 1. The van der Waals surface area contributed by atoms with Gasteiger partial charge in [0.25, 0.3) is 0 Å². The third-order valence-corrected chi connectivity index (χ3v) is 2.71. The maximum Gasteiger partial charge on any atom is 0.206 e. The van der Waals surface area contributed by atoms with Gasteiger partial charge in [-0.1, -0.05) is 25.2 Å². The summed E-state index contributed by atoms with van der Waals surface area (Å²) in [6.07, 6.45) is 1.16. The summed E-state index contributed by atoms with van der Waals surface area (Å²) < 4.78 is 0.828. The Bertz CT molecular complexity index is 236. The molecule has 0 unspecified atom stereocenters. The molecule has 12 heavy (non-hydrogen) atoms. The average Bonchev–Trinajstić information content (AvgIpc) is 2.35. The van der Waals surface area contributed by atoms with E-state index in [0.29, 0.717) is 0 Å². The topological polar surface area (TPSA) is 37.8 Å². The van der Waals surface area contributed by atoms with E-state index in [0.717, 1.165) is 27.9 Å². The van der Waals surface area contributed by atoms with Crippen LogP contribution in [0.1, 0.15) is 20.3 Å². The number of halogens is 1. The zero-order valence-corrected chi connectivity index (χ0v) is 9.57. The molecule has 1 aromatic rings. The predicted molar refractivity (Wildman–Crippen MR) is 55.6 cm³/mol. The Morgan fingerprint density at radius 1 is 1.50 bits per heavy atom. The second kappa shape index (κ2) is 4.77. The highest BCUT2D eigenvalue weighted by atomic mass is 79.9. The zero-order chi connectivity index (χ0) is 8.97. The molecule has 0 radical (unpaired) electrons. The van der Waals surface area contributed by atoms with Gasteiger partial charge < -0.3 is 5.32 Å². The molecule has 0 spiro atoms. The Labute approximate surface area is 84.7 Å². The van der Waals surface area contributed by atoms with Crippen LogP contribution in [0, 0.1) is 5.92 Å². The highest BCUT2D eigenvalue weighted by Gasteiger charge is 1.99. The van der Waals surface area contributed by atoms with Gasteiger partial charge in [-0.25, -0.2) is 0 Å². The Morgan fingerprint density at radius 3 is 2.75 bits per heavy atom. The summed E-state index contributed by atoms with van der Waals surface area (Å²) in [6.45, 7) is 5.38. The summed E-state index contributed by atoms with van der Waals surface area (Å²) in [7, 11) is 0. The van der Waals surface area contributed by atoms with Crippen LogP contribution in [0.15, 0.2) is 3.92 Å². The molecule has 68 valence electrons. The highest BCUT2D eigenvalue weighted by molar-refractivity contribution is 9.11. The number of aromatic nitrogens is 2. The third kappa shape index (κ3) is 3.49. The van der Waals surface area contributed by atoms with Gasteiger partial charge in [-0.15, -0.1) is 10.2 Å². The predicted octanol–water partition coefficient (Wildman–Crippen LogP) is 2.76. The van der Waals surface area contributed by atoms with E-state index < -0.39 is 0 Å². The number of nitrogens with zero attached hydrogens (tertiary/aromatic N) is 2. The molecule has 1 aromatic heterocycles. The van der Waals surface area contributed by atoms with Gasteiger partial charge in [0.05, 0.1) is 0 Å². The van der Waals surface area contributed by atoms with E-state index in [1.54, 1.807) is 0 Å². The lowest BCUT2D eigenvalue weighted by Crippen LogP contribution is -2.04. The van der Waals surface area contributed by atoms with Crippen molar-refractivity contribution >= 4 is 32.4 Å². The van der Waals surface area contributed by atoms with Crippen LogP contribution in [-0.2, 0) is 0 Å². The maximum absolute atomic E-state index is 3.92. The molecule has 0 atom stereocenters. The van der Waals surface area contributed by atoms with Gasteiger partial charge in [-0.05, 0) is 28.3 Å². The fourth-order valence-corrected chi connectivity index (χ4v) is 1.78. The van der Waals surface area contributed by atoms with E-state index in [1.807, 2.05) is 0 Å². The second-order valence-electron chi connectivity index (χ2n) is 2.97. The monoisotopic (exact) mass is 249 g/mol. The molecule has 1 N–H and O–H groups in total. The van der Waals surface area contributed by atoms with E-state index in [-0.39, 0.29) is 0 Å². The standard InChI is InChI=1S/C7H12BrN3S/c1-5(2)3-4-9-7-11-10-6(8)12-7/h5H,3-4H2,1-2H3,(H,9,11). The van der Waals surface area contributed by atoms with Gasteiger partial charge in [0.2, 0.25) is 5.13 Å². The smallest absolute Gasteiger partial charge is 0.206 e. The first-order valence-electron chi connectivity index (χ1n) is 3.91. The summed E-state index contributed by atoms with van der Waals surface area (Å²) in [5.74, 6) is 0.730. The van der Waals surface area contributed by atoms with Gasteiger partial charge in [-0.2, -0.15) is 0 Å². The van der Waals surface area contributed by atoms with Gasteiger partial charge in [0, 0.05) is 6.54 Å². The molecular formula is C7H12BrN3S. The molecule has 0 aliphatic heterocycles. The SMILES string of the molecule is CC(C)CCNc1nnc(Br)s1. The second-order valence-corrected chi connectivity index (χ2v) is 5.22. The van der Waals surface area contributed by atoms with Crippen molar-refractivity contribution in [1.29, 1.82) is 0 Å². The highest BCUT2D eigenvalue weighted by Crippen LogP contribution is 2.19. The fraction of sp³-hybridized carbons (Fsp3) is 0.714. The van der Waals surface area contributed by atoms with Crippen LogP contribution in [0.4, 0.5) is 5.13 Å². The Balaban J connectivity index is 2.24. The molecule has 0 saturated heterocycles. The lowest BCUT2D eigenvalue weighted by molar-refractivity contribution is 0.607. The minimum atomic E-state index is 0.730. The molecule has 0 aliphatic rings. The van der Waals surface area contributed by atoms with Crippen LogP contribution in [-0.4, -0.2) is 16.7 Å². The van der Waals surface area contributed by atoms with E-state index in [2.05, 4.69) is 45.3 Å². The quantitative estimate of drug-likeness (QED) is 0.892. The van der Waals surface area contributed by atoms with Crippen molar-refractivity contribution in [2.24, 2.45) is 5.92 Å². The van der Waals surface area contributed by atoms with Crippen molar-refractivity contribution in [3.63, 3.8) is 0 Å². The first-order chi connectivity index (χ1) is 5.68. The van der Waals surface area contributed by atoms with Crippen LogP contribution in [0.2, 0.25) is 0 Å². The lowest BCUT2D eigenvalue weighted by atomic mass is 10.1. The van der Waals surface area contributed by atoms with Crippen molar-refractivity contribution < 1.29 is 0 Å². The normalized spacial score (nSPS) is 10.7. The van der Waals surface area contributed by atoms with Crippen LogP contribution in [0.25, 0.3) is 0 Å². The van der Waals surface area contributed by atoms with Crippen molar-refractivity contribution in [3.8, 4) is 0 Å². The lowest BCUT2D eigenvalue weighted by Gasteiger charge is -2.03. The van der Waals surface area contributed by atoms with Crippen molar-refractivity contribution in [2.75, 3.05) is 11.9 Å². The molecule has 1 rings (SSSR count). The van der Waals surface area contributed by atoms with E-state index >= 15 is 0 Å². The Hall–Kier alpha value is -0.160. The minimum absolute atomic E-state index is 0.730.